The van der Waals surface area contributed by atoms with Crippen molar-refractivity contribution in [3.8, 4) is 0 Å². The number of carbonyl (C=O) groups excluding carboxylic acids is 1. The summed E-state index contributed by atoms with van der Waals surface area (Å²) < 4.78 is 7.27. The zero-order chi connectivity index (χ0) is 18.3. The molecule has 0 fully saturated rings. The quantitative estimate of drug-likeness (QED) is 0.617. The number of hydrogen-bond donors (Lipinski definition) is 2. The minimum Gasteiger partial charge on any atom is -0.423 e. The van der Waals surface area contributed by atoms with Crippen molar-refractivity contribution in [3.63, 3.8) is 0 Å². The van der Waals surface area contributed by atoms with E-state index in [9.17, 15) is 9.59 Å². The van der Waals surface area contributed by atoms with Gasteiger partial charge in [-0.2, -0.15) is 0 Å². The summed E-state index contributed by atoms with van der Waals surface area (Å²) in [6.45, 7) is 6.26. The average Bonchev–Trinajstić information content (AvgIpc) is 2.87. The number of aryl methyl sites for hydroxylation is 2. The van der Waals surface area contributed by atoms with E-state index in [1.807, 2.05) is 24.5 Å². The first kappa shape index (κ1) is 21.9. The number of hydrogen-bond acceptors (Lipinski definition) is 5. The molecule has 0 bridgehead atoms. The SMILES string of the molecule is Cc1cc2oc(=O)cc(C)c2cc1NC(=O)c1cn2c(n1)CCNCC2.Cl.Cl. The van der Waals surface area contributed by atoms with Crippen LogP contribution in [0.1, 0.15) is 27.4 Å². The number of nitrogens with one attached hydrogen (secondary N) is 2. The van der Waals surface area contributed by atoms with Crippen LogP contribution in [0.15, 0.2) is 33.6 Å². The summed E-state index contributed by atoms with van der Waals surface area (Å²) in [4.78, 5) is 28.7. The van der Waals surface area contributed by atoms with Crippen molar-refractivity contribution in [2.45, 2.75) is 26.8 Å². The van der Waals surface area contributed by atoms with Crippen LogP contribution in [0, 0.1) is 13.8 Å². The zero-order valence-electron chi connectivity index (χ0n) is 15.6. The van der Waals surface area contributed by atoms with Crippen molar-refractivity contribution in [1.82, 2.24) is 14.9 Å². The Morgan fingerprint density at radius 2 is 1.96 bits per heavy atom. The Labute approximate surface area is 174 Å². The molecule has 28 heavy (non-hydrogen) atoms. The fourth-order valence-electron chi connectivity index (χ4n) is 3.27. The number of aromatic nitrogens is 2. The molecule has 3 heterocycles. The molecule has 0 saturated carbocycles. The normalized spacial score (nSPS) is 13.1. The predicted molar refractivity (Wildman–Crippen MR) is 113 cm³/mol. The minimum absolute atomic E-state index is 0. The molecule has 1 aromatic carbocycles. The van der Waals surface area contributed by atoms with Gasteiger partial charge in [-0.15, -0.1) is 24.8 Å². The van der Waals surface area contributed by atoms with Crippen LogP contribution in [0.4, 0.5) is 5.69 Å². The summed E-state index contributed by atoms with van der Waals surface area (Å²) in [6.07, 6.45) is 2.61. The molecule has 2 aromatic heterocycles. The molecule has 3 aromatic rings. The van der Waals surface area contributed by atoms with Crippen molar-refractivity contribution >= 4 is 47.4 Å². The number of halogens is 2. The standard InChI is InChI=1S/C19H20N4O3.2ClH/c1-11-8-18(24)26-16-7-12(2)14(9-13(11)16)22-19(25)15-10-23-6-5-20-4-3-17(23)21-15;;/h7-10,20H,3-6H2,1-2H3,(H,22,25);2*1H. The van der Waals surface area contributed by atoms with E-state index in [0.29, 0.717) is 17.0 Å². The first-order valence-corrected chi connectivity index (χ1v) is 8.64. The molecule has 1 aliphatic rings. The van der Waals surface area contributed by atoms with Crippen LogP contribution in [0.25, 0.3) is 11.0 Å². The second-order valence-corrected chi connectivity index (χ2v) is 6.60. The summed E-state index contributed by atoms with van der Waals surface area (Å²) in [7, 11) is 0. The van der Waals surface area contributed by atoms with Crippen molar-refractivity contribution in [1.29, 1.82) is 0 Å². The molecule has 0 aliphatic carbocycles. The summed E-state index contributed by atoms with van der Waals surface area (Å²) in [5.41, 5.74) is 2.88. The van der Waals surface area contributed by atoms with Crippen molar-refractivity contribution in [2.75, 3.05) is 18.4 Å². The van der Waals surface area contributed by atoms with E-state index in [1.165, 1.54) is 6.07 Å². The fourth-order valence-corrected chi connectivity index (χ4v) is 3.27. The van der Waals surface area contributed by atoms with Crippen LogP contribution in [-0.4, -0.2) is 28.5 Å². The Morgan fingerprint density at radius 3 is 2.75 bits per heavy atom. The van der Waals surface area contributed by atoms with Gasteiger partial charge in [0.15, 0.2) is 0 Å². The second kappa shape index (κ2) is 8.77. The van der Waals surface area contributed by atoms with Crippen LogP contribution in [0.2, 0.25) is 0 Å². The van der Waals surface area contributed by atoms with Gasteiger partial charge < -0.3 is 19.6 Å². The largest absolute Gasteiger partial charge is 0.423 e. The lowest BCUT2D eigenvalue weighted by Crippen LogP contribution is -2.18. The highest BCUT2D eigenvalue weighted by Gasteiger charge is 2.17. The molecule has 0 spiro atoms. The smallest absolute Gasteiger partial charge is 0.336 e. The van der Waals surface area contributed by atoms with Gasteiger partial charge in [0.25, 0.3) is 5.91 Å². The third kappa shape index (κ3) is 4.22. The van der Waals surface area contributed by atoms with E-state index in [1.54, 1.807) is 12.3 Å². The monoisotopic (exact) mass is 424 g/mol. The molecular weight excluding hydrogens is 403 g/mol. The van der Waals surface area contributed by atoms with Crippen molar-refractivity contribution < 1.29 is 9.21 Å². The molecule has 2 N–H and O–H groups in total. The Balaban J connectivity index is 0.00000140. The van der Waals surface area contributed by atoms with Crippen LogP contribution in [0.3, 0.4) is 0 Å². The number of nitrogens with zero attached hydrogens (tertiary/aromatic N) is 2. The van der Waals surface area contributed by atoms with E-state index >= 15 is 0 Å². The summed E-state index contributed by atoms with van der Waals surface area (Å²) in [5.74, 6) is 0.684. The molecule has 0 saturated heterocycles. The Kier molecular flexibility index (Phi) is 6.87. The van der Waals surface area contributed by atoms with Crippen molar-refractivity contribution in [2.24, 2.45) is 0 Å². The fraction of sp³-hybridized carbons (Fsp3) is 0.316. The van der Waals surface area contributed by atoms with Crippen LogP contribution in [-0.2, 0) is 13.0 Å². The molecule has 150 valence electrons. The second-order valence-electron chi connectivity index (χ2n) is 6.60. The van der Waals surface area contributed by atoms with E-state index in [-0.39, 0.29) is 36.3 Å². The summed E-state index contributed by atoms with van der Waals surface area (Å²) in [5, 5.41) is 7.05. The van der Waals surface area contributed by atoms with Gasteiger partial charge in [-0.05, 0) is 37.1 Å². The maximum absolute atomic E-state index is 12.7. The van der Waals surface area contributed by atoms with Gasteiger partial charge in [-0.1, -0.05) is 0 Å². The molecule has 1 aliphatic heterocycles. The highest BCUT2D eigenvalue weighted by molar-refractivity contribution is 6.04. The van der Waals surface area contributed by atoms with Gasteiger partial charge in [-0.3, -0.25) is 4.79 Å². The molecular formula is C19H22Cl2N4O3. The average molecular weight is 425 g/mol. The van der Waals surface area contributed by atoms with E-state index in [4.69, 9.17) is 4.42 Å². The first-order chi connectivity index (χ1) is 12.5. The third-order valence-corrected chi connectivity index (χ3v) is 4.69. The van der Waals surface area contributed by atoms with Crippen LogP contribution >= 0.6 is 24.8 Å². The number of rotatable bonds is 2. The lowest BCUT2D eigenvalue weighted by molar-refractivity contribution is 0.102. The third-order valence-electron chi connectivity index (χ3n) is 4.69. The highest BCUT2D eigenvalue weighted by Crippen LogP contribution is 2.25. The van der Waals surface area contributed by atoms with E-state index in [2.05, 4.69) is 15.6 Å². The van der Waals surface area contributed by atoms with Gasteiger partial charge in [0.1, 0.15) is 17.1 Å². The highest BCUT2D eigenvalue weighted by atomic mass is 35.5. The van der Waals surface area contributed by atoms with Crippen LogP contribution < -0.4 is 16.3 Å². The van der Waals surface area contributed by atoms with Gasteiger partial charge >= 0.3 is 5.63 Å². The lowest BCUT2D eigenvalue weighted by atomic mass is 10.1. The lowest BCUT2D eigenvalue weighted by Gasteiger charge is -2.10. The number of fused-ring (bicyclic) bond motifs is 2. The number of anilines is 1. The molecule has 0 atom stereocenters. The molecule has 0 unspecified atom stereocenters. The predicted octanol–water partition coefficient (Wildman–Crippen LogP) is 2.85. The molecule has 1 amide bonds. The summed E-state index contributed by atoms with van der Waals surface area (Å²) in [6, 6.07) is 5.06. The Morgan fingerprint density at radius 1 is 1.18 bits per heavy atom. The van der Waals surface area contributed by atoms with Gasteiger partial charge in [-0.25, -0.2) is 9.78 Å². The van der Waals surface area contributed by atoms with Crippen LogP contribution in [0.5, 0.6) is 0 Å². The maximum atomic E-state index is 12.7. The zero-order valence-corrected chi connectivity index (χ0v) is 17.2. The maximum Gasteiger partial charge on any atom is 0.336 e. The number of carbonyl (C=O) groups is 1. The topological polar surface area (TPSA) is 89.2 Å². The number of imidazole rings is 1. The molecule has 0 radical (unpaired) electrons. The van der Waals surface area contributed by atoms with E-state index < -0.39 is 0 Å². The Hall–Kier alpha value is -2.35. The molecule has 7 nitrogen and oxygen atoms in total. The Bertz CT molecular complexity index is 1050. The van der Waals surface area contributed by atoms with Gasteiger partial charge in [0.2, 0.25) is 0 Å². The first-order valence-electron chi connectivity index (χ1n) is 8.64. The summed E-state index contributed by atoms with van der Waals surface area (Å²) >= 11 is 0. The van der Waals surface area contributed by atoms with E-state index in [0.717, 1.165) is 48.4 Å². The van der Waals surface area contributed by atoms with Crippen molar-refractivity contribution in [3.05, 3.63) is 57.5 Å². The molecule has 4 rings (SSSR count). The minimum atomic E-state index is -0.375. The number of amides is 1. The molecule has 9 heteroatoms. The van der Waals surface area contributed by atoms with Gasteiger partial charge in [0, 0.05) is 49.4 Å². The number of benzene rings is 1. The van der Waals surface area contributed by atoms with Gasteiger partial charge in [0.05, 0.1) is 0 Å².